The average molecular weight is 560 g/mol. The van der Waals surface area contributed by atoms with Gasteiger partial charge in [-0.3, -0.25) is 14.4 Å². The molecule has 0 aromatic heterocycles. The van der Waals surface area contributed by atoms with E-state index in [1.54, 1.807) is 62.4 Å². The van der Waals surface area contributed by atoms with Crippen molar-refractivity contribution in [3.8, 4) is 11.5 Å². The standard InChI is InChI=1S/C31H29NO9/c1-19(2)40-30(36)21-7-11-24(12-8-21)32-17-23(16-28(32)34)29(35)39-18-27(33)20-9-13-25(14-10-20)41-31(37)22-5-4-6-26(15-22)38-3/h4-15,19,23H,16-18H2,1-3H3/t23-/m1/s1. The van der Waals surface area contributed by atoms with E-state index < -0.39 is 36.2 Å². The second-order valence-corrected chi connectivity index (χ2v) is 9.58. The molecule has 0 saturated carbocycles. The van der Waals surface area contributed by atoms with Gasteiger partial charge in [-0.05, 0) is 80.6 Å². The Hall–Kier alpha value is -4.99. The first kappa shape index (κ1) is 29.0. The molecule has 1 amide bonds. The van der Waals surface area contributed by atoms with Crippen LogP contribution < -0.4 is 14.4 Å². The lowest BCUT2D eigenvalue weighted by atomic mass is 10.1. The molecule has 10 nitrogen and oxygen atoms in total. The first-order chi connectivity index (χ1) is 19.6. The normalized spacial score (nSPS) is 14.5. The fraction of sp³-hybridized carbons (Fsp3) is 0.258. The molecule has 0 spiro atoms. The van der Waals surface area contributed by atoms with Crippen LogP contribution in [-0.2, 0) is 19.1 Å². The van der Waals surface area contributed by atoms with Gasteiger partial charge >= 0.3 is 17.9 Å². The number of carbonyl (C=O) groups is 5. The second kappa shape index (κ2) is 12.9. The lowest BCUT2D eigenvalue weighted by Crippen LogP contribution is -2.27. The molecule has 3 aromatic rings. The highest BCUT2D eigenvalue weighted by Crippen LogP contribution is 2.26. The van der Waals surface area contributed by atoms with Crippen LogP contribution in [0.15, 0.2) is 72.8 Å². The van der Waals surface area contributed by atoms with Crippen molar-refractivity contribution in [1.29, 1.82) is 0 Å². The van der Waals surface area contributed by atoms with E-state index in [-0.39, 0.29) is 36.3 Å². The van der Waals surface area contributed by atoms with Crippen molar-refractivity contribution in [1.82, 2.24) is 0 Å². The van der Waals surface area contributed by atoms with Crippen LogP contribution in [0.25, 0.3) is 0 Å². The number of ketones is 1. The van der Waals surface area contributed by atoms with E-state index >= 15 is 0 Å². The Morgan fingerprint density at radius 3 is 2.20 bits per heavy atom. The van der Waals surface area contributed by atoms with Crippen LogP contribution in [0.5, 0.6) is 11.5 Å². The third-order valence-corrected chi connectivity index (χ3v) is 6.25. The summed E-state index contributed by atoms with van der Waals surface area (Å²) in [5.41, 5.74) is 1.46. The largest absolute Gasteiger partial charge is 0.497 e. The maximum Gasteiger partial charge on any atom is 0.343 e. The smallest absolute Gasteiger partial charge is 0.343 e. The number of rotatable bonds is 10. The Morgan fingerprint density at radius 1 is 0.854 bits per heavy atom. The van der Waals surface area contributed by atoms with Gasteiger partial charge in [-0.25, -0.2) is 9.59 Å². The number of anilines is 1. The van der Waals surface area contributed by atoms with E-state index in [9.17, 15) is 24.0 Å². The lowest BCUT2D eigenvalue weighted by molar-refractivity contribution is -0.147. The molecule has 1 aliphatic heterocycles. The Bertz CT molecular complexity index is 1450. The summed E-state index contributed by atoms with van der Waals surface area (Å²) in [5, 5.41) is 0. The number of nitrogens with zero attached hydrogens (tertiary/aromatic N) is 1. The van der Waals surface area contributed by atoms with Crippen molar-refractivity contribution in [2.75, 3.05) is 25.2 Å². The maximum atomic E-state index is 12.6. The summed E-state index contributed by atoms with van der Waals surface area (Å²) in [7, 11) is 1.50. The molecule has 0 aliphatic carbocycles. The molecule has 1 heterocycles. The predicted molar refractivity (Wildman–Crippen MR) is 147 cm³/mol. The molecule has 0 N–H and O–H groups in total. The van der Waals surface area contributed by atoms with E-state index in [0.717, 1.165) is 0 Å². The summed E-state index contributed by atoms with van der Waals surface area (Å²) >= 11 is 0. The van der Waals surface area contributed by atoms with Gasteiger partial charge in [0, 0.05) is 24.2 Å². The minimum absolute atomic E-state index is 0.0580. The summed E-state index contributed by atoms with van der Waals surface area (Å²) < 4.78 is 20.8. The van der Waals surface area contributed by atoms with Crippen LogP contribution in [0, 0.1) is 5.92 Å². The van der Waals surface area contributed by atoms with Crippen molar-refractivity contribution in [2.24, 2.45) is 5.92 Å². The molecule has 1 atom stereocenters. The molecule has 41 heavy (non-hydrogen) atoms. The van der Waals surface area contributed by atoms with Gasteiger partial charge in [0.05, 0.1) is 30.3 Å². The molecule has 0 radical (unpaired) electrons. The number of Topliss-reactive ketones (excluding diaryl/α,β-unsaturated/α-hetero) is 1. The molecule has 4 rings (SSSR count). The van der Waals surface area contributed by atoms with Gasteiger partial charge in [-0.1, -0.05) is 6.07 Å². The molecule has 10 heteroatoms. The molecule has 1 fully saturated rings. The van der Waals surface area contributed by atoms with Crippen molar-refractivity contribution in [3.63, 3.8) is 0 Å². The van der Waals surface area contributed by atoms with Crippen LogP contribution in [0.1, 0.15) is 51.3 Å². The first-order valence-electron chi connectivity index (χ1n) is 12.9. The Morgan fingerprint density at radius 2 is 1.54 bits per heavy atom. The van der Waals surface area contributed by atoms with Crippen LogP contribution in [-0.4, -0.2) is 56.0 Å². The fourth-order valence-corrected chi connectivity index (χ4v) is 4.14. The SMILES string of the molecule is COc1cccc(C(=O)Oc2ccc(C(=O)COC(=O)[C@@H]3CC(=O)N(c4ccc(C(=O)OC(C)C)cc4)C3)cc2)c1. The molecule has 0 unspecified atom stereocenters. The minimum Gasteiger partial charge on any atom is -0.497 e. The van der Waals surface area contributed by atoms with E-state index in [0.29, 0.717) is 22.6 Å². The van der Waals surface area contributed by atoms with E-state index in [1.165, 1.54) is 36.3 Å². The molecular weight excluding hydrogens is 530 g/mol. The zero-order valence-corrected chi connectivity index (χ0v) is 22.8. The molecular formula is C31H29NO9. The van der Waals surface area contributed by atoms with Crippen molar-refractivity contribution in [3.05, 3.63) is 89.5 Å². The summed E-state index contributed by atoms with van der Waals surface area (Å²) in [4.78, 5) is 63.6. The van der Waals surface area contributed by atoms with E-state index in [1.807, 2.05) is 0 Å². The Balaban J connectivity index is 1.27. The number of benzene rings is 3. The summed E-state index contributed by atoms with van der Waals surface area (Å²) in [6.45, 7) is 3.10. The maximum absolute atomic E-state index is 12.6. The number of carbonyl (C=O) groups excluding carboxylic acids is 5. The number of esters is 3. The zero-order chi connectivity index (χ0) is 29.5. The predicted octanol–water partition coefficient (Wildman–Crippen LogP) is 4.26. The first-order valence-corrected chi connectivity index (χ1v) is 12.9. The van der Waals surface area contributed by atoms with Gasteiger partial charge in [0.1, 0.15) is 11.5 Å². The second-order valence-electron chi connectivity index (χ2n) is 9.58. The van der Waals surface area contributed by atoms with Crippen LogP contribution >= 0.6 is 0 Å². The summed E-state index contributed by atoms with van der Waals surface area (Å²) in [6.07, 6.45) is -0.312. The van der Waals surface area contributed by atoms with Crippen molar-refractivity contribution < 1.29 is 42.9 Å². The third kappa shape index (κ3) is 7.36. The van der Waals surface area contributed by atoms with Gasteiger partial charge in [0.2, 0.25) is 5.91 Å². The van der Waals surface area contributed by atoms with Gasteiger partial charge in [0.25, 0.3) is 0 Å². The molecule has 1 saturated heterocycles. The quantitative estimate of drug-likeness (QED) is 0.203. The topological polar surface area (TPSA) is 126 Å². The Labute approximate surface area is 236 Å². The van der Waals surface area contributed by atoms with E-state index in [2.05, 4.69) is 0 Å². The monoisotopic (exact) mass is 559 g/mol. The highest BCUT2D eigenvalue weighted by atomic mass is 16.5. The van der Waals surface area contributed by atoms with Gasteiger partial charge in [-0.2, -0.15) is 0 Å². The zero-order valence-electron chi connectivity index (χ0n) is 22.8. The van der Waals surface area contributed by atoms with Crippen LogP contribution in [0.3, 0.4) is 0 Å². The molecule has 212 valence electrons. The molecule has 1 aliphatic rings. The third-order valence-electron chi connectivity index (χ3n) is 6.25. The fourth-order valence-electron chi connectivity index (χ4n) is 4.14. The highest BCUT2D eigenvalue weighted by Gasteiger charge is 2.36. The number of amides is 1. The summed E-state index contributed by atoms with van der Waals surface area (Å²) in [5.74, 6) is -2.40. The number of ether oxygens (including phenoxy) is 4. The van der Waals surface area contributed by atoms with Crippen molar-refractivity contribution in [2.45, 2.75) is 26.4 Å². The summed E-state index contributed by atoms with van der Waals surface area (Å²) in [6, 6.07) is 18.7. The lowest BCUT2D eigenvalue weighted by Gasteiger charge is -2.17. The Kier molecular flexibility index (Phi) is 9.13. The number of methoxy groups -OCH3 is 1. The number of hydrogen-bond acceptors (Lipinski definition) is 9. The van der Waals surface area contributed by atoms with Gasteiger partial charge < -0.3 is 23.8 Å². The number of hydrogen-bond donors (Lipinski definition) is 0. The molecule has 3 aromatic carbocycles. The van der Waals surface area contributed by atoms with E-state index in [4.69, 9.17) is 18.9 Å². The van der Waals surface area contributed by atoms with Gasteiger partial charge in [-0.15, -0.1) is 0 Å². The van der Waals surface area contributed by atoms with Crippen molar-refractivity contribution >= 4 is 35.3 Å². The van der Waals surface area contributed by atoms with Crippen LogP contribution in [0.2, 0.25) is 0 Å². The highest BCUT2D eigenvalue weighted by molar-refractivity contribution is 6.01. The van der Waals surface area contributed by atoms with Gasteiger partial charge in [0.15, 0.2) is 12.4 Å². The minimum atomic E-state index is -0.737. The van der Waals surface area contributed by atoms with Crippen LogP contribution in [0.4, 0.5) is 5.69 Å². The molecule has 0 bridgehead atoms. The average Bonchev–Trinajstić information content (AvgIpc) is 3.37.